The zero-order valence-electron chi connectivity index (χ0n) is 18.7. The predicted octanol–water partition coefficient (Wildman–Crippen LogP) is 4.35. The number of hydrogen-bond acceptors (Lipinski definition) is 2. The van der Waals surface area contributed by atoms with Gasteiger partial charge in [0.2, 0.25) is 11.8 Å². The Kier molecular flexibility index (Phi) is 4.10. The van der Waals surface area contributed by atoms with Gasteiger partial charge in [-0.1, -0.05) is 19.9 Å². The highest BCUT2D eigenvalue weighted by atomic mass is 16.2. The minimum atomic E-state index is 0.0783. The van der Waals surface area contributed by atoms with E-state index >= 15 is 0 Å². The van der Waals surface area contributed by atoms with Crippen molar-refractivity contribution < 1.29 is 9.59 Å². The fraction of sp³-hybridized carbons (Fsp3) is 0.846. The molecular formula is C26H38N2O2. The lowest BCUT2D eigenvalue weighted by atomic mass is 9.48. The van der Waals surface area contributed by atoms with E-state index in [2.05, 4.69) is 30.6 Å². The number of fused-ring (bicyclic) bond motifs is 7. The van der Waals surface area contributed by atoms with E-state index in [4.69, 9.17) is 0 Å². The van der Waals surface area contributed by atoms with Crippen LogP contribution < -0.4 is 10.6 Å². The van der Waals surface area contributed by atoms with Crippen molar-refractivity contribution in [3.8, 4) is 0 Å². The third-order valence-corrected chi connectivity index (χ3v) is 11.1. The Morgan fingerprint density at radius 3 is 2.53 bits per heavy atom. The van der Waals surface area contributed by atoms with E-state index < -0.39 is 0 Å². The second kappa shape index (κ2) is 6.36. The first-order chi connectivity index (χ1) is 14.3. The van der Waals surface area contributed by atoms with Crippen molar-refractivity contribution in [2.75, 3.05) is 0 Å². The summed E-state index contributed by atoms with van der Waals surface area (Å²) in [4.78, 5) is 25.5. The van der Waals surface area contributed by atoms with E-state index in [0.29, 0.717) is 23.7 Å². The lowest BCUT2D eigenvalue weighted by molar-refractivity contribution is -0.135. The van der Waals surface area contributed by atoms with Crippen LogP contribution in [0.15, 0.2) is 12.2 Å². The van der Waals surface area contributed by atoms with Gasteiger partial charge < -0.3 is 10.6 Å². The van der Waals surface area contributed by atoms with E-state index in [9.17, 15) is 9.59 Å². The molecule has 1 heterocycles. The molecule has 0 aromatic rings. The Bertz CT molecular complexity index is 797. The minimum absolute atomic E-state index is 0.0783. The zero-order chi connectivity index (χ0) is 20.7. The second-order valence-corrected chi connectivity index (χ2v) is 12.3. The Hall–Kier alpha value is -1.32. The summed E-state index contributed by atoms with van der Waals surface area (Å²) in [6, 6.07) is 0.290. The van der Waals surface area contributed by atoms with E-state index in [1.54, 1.807) is 6.08 Å². The Balaban J connectivity index is 1.22. The van der Waals surface area contributed by atoms with Gasteiger partial charge in [0.15, 0.2) is 0 Å². The van der Waals surface area contributed by atoms with Gasteiger partial charge in [-0.25, -0.2) is 0 Å². The van der Waals surface area contributed by atoms with Crippen molar-refractivity contribution in [2.24, 2.45) is 40.4 Å². The lowest BCUT2D eigenvalue weighted by Crippen LogP contribution is -2.60. The van der Waals surface area contributed by atoms with Crippen molar-refractivity contribution in [3.05, 3.63) is 12.2 Å². The zero-order valence-corrected chi connectivity index (χ0v) is 18.7. The van der Waals surface area contributed by atoms with Crippen molar-refractivity contribution in [1.82, 2.24) is 10.6 Å². The van der Waals surface area contributed by atoms with Crippen LogP contribution >= 0.6 is 0 Å². The van der Waals surface area contributed by atoms with Gasteiger partial charge in [0.1, 0.15) is 0 Å². The highest BCUT2D eigenvalue weighted by Crippen LogP contribution is 2.65. The molecule has 1 aliphatic heterocycles. The number of nitrogens with one attached hydrogen (secondary N) is 2. The molecule has 5 aliphatic carbocycles. The summed E-state index contributed by atoms with van der Waals surface area (Å²) in [5.74, 6) is 3.52. The molecule has 6 rings (SSSR count). The molecule has 164 valence electrons. The van der Waals surface area contributed by atoms with Gasteiger partial charge in [-0.3, -0.25) is 9.59 Å². The van der Waals surface area contributed by atoms with Crippen LogP contribution in [0.3, 0.4) is 0 Å². The predicted molar refractivity (Wildman–Crippen MR) is 116 cm³/mol. The van der Waals surface area contributed by atoms with Crippen molar-refractivity contribution >= 4 is 11.8 Å². The SMILES string of the molecule is C[C@]12C=CC(=O)N[C@@H]1CC[C@@H]1[C@@H]2CC[C@]2(C)[C@@H](C(=O)NC34CCC(CC3)C4)CC[C@@H]12. The molecule has 0 unspecified atom stereocenters. The van der Waals surface area contributed by atoms with Gasteiger partial charge >= 0.3 is 0 Å². The molecule has 7 atom stereocenters. The van der Waals surface area contributed by atoms with Crippen molar-refractivity contribution in [2.45, 2.75) is 96.1 Å². The molecule has 6 aliphatic rings. The average molecular weight is 411 g/mol. The van der Waals surface area contributed by atoms with Crippen molar-refractivity contribution in [1.29, 1.82) is 0 Å². The molecule has 0 aromatic carbocycles. The second-order valence-electron chi connectivity index (χ2n) is 12.3. The van der Waals surface area contributed by atoms with Gasteiger partial charge in [0.25, 0.3) is 0 Å². The van der Waals surface area contributed by atoms with Crippen LogP contribution in [0.2, 0.25) is 0 Å². The fourth-order valence-electron chi connectivity index (χ4n) is 9.48. The highest BCUT2D eigenvalue weighted by molar-refractivity contribution is 5.89. The summed E-state index contributed by atoms with van der Waals surface area (Å²) in [7, 11) is 0. The molecule has 30 heavy (non-hydrogen) atoms. The van der Waals surface area contributed by atoms with Crippen molar-refractivity contribution in [3.63, 3.8) is 0 Å². The van der Waals surface area contributed by atoms with E-state index in [0.717, 1.165) is 25.2 Å². The number of rotatable bonds is 2. The molecule has 0 radical (unpaired) electrons. The first kappa shape index (κ1) is 19.4. The molecular weight excluding hydrogens is 372 g/mol. The van der Waals surface area contributed by atoms with E-state index in [1.807, 2.05) is 0 Å². The summed E-state index contributed by atoms with van der Waals surface area (Å²) in [6.07, 6.45) is 17.2. The fourth-order valence-corrected chi connectivity index (χ4v) is 9.48. The highest BCUT2D eigenvalue weighted by Gasteiger charge is 2.61. The van der Waals surface area contributed by atoms with Crippen LogP contribution in [0.25, 0.3) is 0 Å². The van der Waals surface area contributed by atoms with Gasteiger partial charge in [-0.2, -0.15) is 0 Å². The Morgan fingerprint density at radius 1 is 1.00 bits per heavy atom. The standard InChI is InChI=1S/C26H38N2O2/c1-24-11-9-19-17(3-6-21-25(19,2)12-10-22(29)27-21)18(24)4-5-20(24)23(30)28-26-13-7-16(15-26)8-14-26/h10,12,16-21H,3-9,11,13-15H2,1-2H3,(H,27,29)(H,28,30)/t16?,17-,18-,19-,20+,21+,24-,25+,26?/m0/s1. The van der Waals surface area contributed by atoms with Gasteiger partial charge in [0.05, 0.1) is 0 Å². The Labute approximate surface area is 181 Å². The van der Waals surface area contributed by atoms with Crippen LogP contribution in [0, 0.1) is 40.4 Å². The number of carbonyl (C=O) groups excluding carboxylic acids is 2. The van der Waals surface area contributed by atoms with Gasteiger partial charge in [-0.15, -0.1) is 0 Å². The minimum Gasteiger partial charge on any atom is -0.350 e. The summed E-state index contributed by atoms with van der Waals surface area (Å²) in [6.45, 7) is 4.82. The first-order valence-corrected chi connectivity index (χ1v) is 12.6. The van der Waals surface area contributed by atoms with Gasteiger partial charge in [0, 0.05) is 22.9 Å². The van der Waals surface area contributed by atoms with Crippen LogP contribution in [-0.4, -0.2) is 23.4 Å². The topological polar surface area (TPSA) is 58.2 Å². The summed E-state index contributed by atoms with van der Waals surface area (Å²) in [5, 5.41) is 6.87. The van der Waals surface area contributed by atoms with E-state index in [-0.39, 0.29) is 34.2 Å². The summed E-state index contributed by atoms with van der Waals surface area (Å²) >= 11 is 0. The molecule has 0 aromatic heterocycles. The number of hydrogen-bond donors (Lipinski definition) is 2. The number of carbonyl (C=O) groups is 2. The maximum atomic E-state index is 13.6. The molecule has 5 saturated carbocycles. The molecule has 0 saturated heterocycles. The molecule has 4 heteroatoms. The molecule has 2 amide bonds. The molecule has 4 nitrogen and oxygen atoms in total. The lowest BCUT2D eigenvalue weighted by Gasteiger charge is -2.58. The monoisotopic (exact) mass is 410 g/mol. The number of amides is 2. The molecule has 0 spiro atoms. The average Bonchev–Trinajstić information content (AvgIpc) is 3.40. The third-order valence-electron chi connectivity index (χ3n) is 11.1. The van der Waals surface area contributed by atoms with Crippen LogP contribution in [-0.2, 0) is 9.59 Å². The summed E-state index contributed by atoms with van der Waals surface area (Å²) in [5.41, 5.74) is 0.382. The largest absolute Gasteiger partial charge is 0.350 e. The van der Waals surface area contributed by atoms with Crippen LogP contribution in [0.1, 0.15) is 84.5 Å². The summed E-state index contributed by atoms with van der Waals surface area (Å²) < 4.78 is 0. The smallest absolute Gasteiger partial charge is 0.243 e. The van der Waals surface area contributed by atoms with Crippen LogP contribution in [0.5, 0.6) is 0 Å². The first-order valence-electron chi connectivity index (χ1n) is 12.6. The molecule has 2 N–H and O–H groups in total. The van der Waals surface area contributed by atoms with Gasteiger partial charge in [-0.05, 0) is 106 Å². The third kappa shape index (κ3) is 2.57. The molecule has 5 fully saturated rings. The Morgan fingerprint density at radius 2 is 1.80 bits per heavy atom. The maximum Gasteiger partial charge on any atom is 0.243 e. The quantitative estimate of drug-likeness (QED) is 0.711. The van der Waals surface area contributed by atoms with Crippen LogP contribution in [0.4, 0.5) is 0 Å². The maximum absolute atomic E-state index is 13.6. The molecule has 2 bridgehead atoms. The van der Waals surface area contributed by atoms with E-state index in [1.165, 1.54) is 51.4 Å². The normalized spacial score (nSPS) is 53.6.